The van der Waals surface area contributed by atoms with Crippen molar-refractivity contribution in [1.82, 2.24) is 9.55 Å². The quantitative estimate of drug-likeness (QED) is 0.310. The highest BCUT2D eigenvalue weighted by Crippen LogP contribution is 2.46. The molecule has 1 aromatic heterocycles. The zero-order chi connectivity index (χ0) is 24.6. The fraction of sp³-hybridized carbons (Fsp3) is 0.500. The van der Waals surface area contributed by atoms with Crippen LogP contribution in [0.5, 0.6) is 11.5 Å². The van der Waals surface area contributed by atoms with Crippen molar-refractivity contribution in [2.75, 3.05) is 5.32 Å². The maximum Gasteiger partial charge on any atom is 0.308 e. The van der Waals surface area contributed by atoms with E-state index in [0.29, 0.717) is 17.7 Å². The summed E-state index contributed by atoms with van der Waals surface area (Å²) >= 11 is 0. The van der Waals surface area contributed by atoms with Gasteiger partial charge >= 0.3 is 5.97 Å². The Morgan fingerprint density at radius 1 is 1.18 bits per heavy atom. The fourth-order valence-electron chi connectivity index (χ4n) is 5.46. The average Bonchev–Trinajstić information content (AvgIpc) is 3.04. The van der Waals surface area contributed by atoms with Crippen molar-refractivity contribution in [1.29, 1.82) is 0 Å². The van der Waals surface area contributed by atoms with Crippen LogP contribution in [0.2, 0.25) is 0 Å². The summed E-state index contributed by atoms with van der Waals surface area (Å²) < 4.78 is 13.6. The van der Waals surface area contributed by atoms with Crippen LogP contribution in [0.25, 0.3) is 11.0 Å². The first-order valence-electron chi connectivity index (χ1n) is 12.3. The molecule has 2 atom stereocenters. The van der Waals surface area contributed by atoms with Crippen LogP contribution in [0.1, 0.15) is 72.4 Å². The second-order valence-electron chi connectivity index (χ2n) is 10.9. The number of fused-ring (bicyclic) bond motifs is 1. The fourth-order valence-corrected chi connectivity index (χ4v) is 5.46. The molecule has 4 rings (SSSR count). The van der Waals surface area contributed by atoms with Gasteiger partial charge in [-0.1, -0.05) is 20.8 Å². The molecule has 1 fully saturated rings. The summed E-state index contributed by atoms with van der Waals surface area (Å²) in [7, 11) is 0. The van der Waals surface area contributed by atoms with Gasteiger partial charge in [-0.3, -0.25) is 4.79 Å². The minimum absolute atomic E-state index is 0.134. The molecule has 34 heavy (non-hydrogen) atoms. The Hall–Kier alpha value is -3.02. The number of imidazole rings is 1. The third kappa shape index (κ3) is 5.37. The molecule has 0 saturated heterocycles. The van der Waals surface area contributed by atoms with Crippen LogP contribution < -0.4 is 14.8 Å². The van der Waals surface area contributed by atoms with Crippen molar-refractivity contribution in [3.63, 3.8) is 0 Å². The van der Waals surface area contributed by atoms with Gasteiger partial charge in [0.15, 0.2) is 0 Å². The van der Waals surface area contributed by atoms with Gasteiger partial charge in [-0.25, -0.2) is 4.98 Å². The number of anilines is 2. The van der Waals surface area contributed by atoms with Gasteiger partial charge in [0.2, 0.25) is 5.95 Å². The lowest BCUT2D eigenvalue weighted by molar-refractivity contribution is -0.131. The molecule has 0 aliphatic heterocycles. The molecule has 1 aliphatic rings. The summed E-state index contributed by atoms with van der Waals surface area (Å²) in [5.41, 5.74) is 4.02. The molecule has 182 valence electrons. The molecule has 6 nitrogen and oxygen atoms in total. The molecule has 1 aliphatic carbocycles. The summed E-state index contributed by atoms with van der Waals surface area (Å²) in [5.74, 6) is 2.52. The maximum absolute atomic E-state index is 11.6. The molecule has 0 spiro atoms. The predicted molar refractivity (Wildman–Crippen MR) is 137 cm³/mol. The van der Waals surface area contributed by atoms with E-state index in [2.05, 4.69) is 36.7 Å². The van der Waals surface area contributed by atoms with Crippen molar-refractivity contribution < 1.29 is 14.3 Å². The molecule has 0 amide bonds. The molecule has 6 heteroatoms. The Balaban J connectivity index is 1.77. The number of ether oxygens (including phenoxy) is 2. The summed E-state index contributed by atoms with van der Waals surface area (Å²) in [4.78, 5) is 16.6. The first-order chi connectivity index (χ1) is 16.0. The molecule has 0 radical (unpaired) electrons. The molecule has 0 bridgehead atoms. The first kappa shape index (κ1) is 24.1. The van der Waals surface area contributed by atoms with Crippen molar-refractivity contribution >= 4 is 28.6 Å². The SMILES string of the molecule is CC(=O)Oc1cc2nc(Nc3ccc(OC(C)C)cc3)n([C@@H]3C[C@H](C)CC(C)(C)C3)c2cc1C. The standard InChI is InChI=1S/C28H37N3O3/c1-17(2)33-23-10-8-21(9-11-23)29-27-30-24-14-26(34-20(5)32)19(4)13-25(24)31(27)22-12-18(3)15-28(6,7)16-22/h8-11,13-14,17-18,22H,12,15-16H2,1-7H3,(H,29,30)/t18-,22+/m0/s1. The smallest absolute Gasteiger partial charge is 0.308 e. The lowest BCUT2D eigenvalue weighted by atomic mass is 9.70. The van der Waals surface area contributed by atoms with Gasteiger partial charge < -0.3 is 19.4 Å². The number of carbonyl (C=O) groups excluding carboxylic acids is 1. The highest BCUT2D eigenvalue weighted by Gasteiger charge is 2.34. The van der Waals surface area contributed by atoms with E-state index < -0.39 is 0 Å². The van der Waals surface area contributed by atoms with Gasteiger partial charge in [0, 0.05) is 24.7 Å². The molecular formula is C28H37N3O3. The highest BCUT2D eigenvalue weighted by molar-refractivity contribution is 5.84. The van der Waals surface area contributed by atoms with Crippen LogP contribution >= 0.6 is 0 Å². The third-order valence-corrected chi connectivity index (χ3v) is 6.45. The van der Waals surface area contributed by atoms with Crippen LogP contribution in [0.4, 0.5) is 11.6 Å². The number of hydrogen-bond acceptors (Lipinski definition) is 5. The number of aryl methyl sites for hydroxylation is 1. The molecule has 3 aromatic rings. The van der Waals surface area contributed by atoms with Gasteiger partial charge in [-0.2, -0.15) is 0 Å². The lowest BCUT2D eigenvalue weighted by Gasteiger charge is -2.40. The summed E-state index contributed by atoms with van der Waals surface area (Å²) in [6.45, 7) is 14.5. The van der Waals surface area contributed by atoms with Gasteiger partial charge in [0.05, 0.1) is 17.1 Å². The minimum atomic E-state index is -0.327. The monoisotopic (exact) mass is 463 g/mol. The van der Waals surface area contributed by atoms with E-state index in [0.717, 1.165) is 46.8 Å². The van der Waals surface area contributed by atoms with Crippen molar-refractivity contribution in [2.24, 2.45) is 11.3 Å². The molecule has 1 saturated carbocycles. The van der Waals surface area contributed by atoms with Gasteiger partial charge in [-0.15, -0.1) is 0 Å². The molecule has 1 N–H and O–H groups in total. The zero-order valence-corrected chi connectivity index (χ0v) is 21.4. The van der Waals surface area contributed by atoms with E-state index in [1.807, 2.05) is 51.1 Å². The van der Waals surface area contributed by atoms with Gasteiger partial charge in [0.1, 0.15) is 11.5 Å². The van der Waals surface area contributed by atoms with Crippen molar-refractivity contribution in [3.8, 4) is 11.5 Å². The predicted octanol–water partition coefficient (Wildman–Crippen LogP) is 7.19. The second kappa shape index (κ2) is 9.32. The van der Waals surface area contributed by atoms with E-state index in [4.69, 9.17) is 14.5 Å². The van der Waals surface area contributed by atoms with Crippen molar-refractivity contribution in [3.05, 3.63) is 42.0 Å². The number of esters is 1. The second-order valence-corrected chi connectivity index (χ2v) is 10.9. The van der Waals surface area contributed by atoms with Crippen LogP contribution in [0, 0.1) is 18.3 Å². The van der Waals surface area contributed by atoms with Crippen LogP contribution in [0.15, 0.2) is 36.4 Å². The van der Waals surface area contributed by atoms with Crippen molar-refractivity contribution in [2.45, 2.75) is 79.9 Å². The Bertz CT molecular complexity index is 1180. The molecule has 0 unspecified atom stereocenters. The zero-order valence-electron chi connectivity index (χ0n) is 21.4. The minimum Gasteiger partial charge on any atom is -0.491 e. The average molecular weight is 464 g/mol. The van der Waals surface area contributed by atoms with E-state index in [1.165, 1.54) is 13.3 Å². The Kier molecular flexibility index (Phi) is 6.61. The Labute approximate surface area is 202 Å². The molecule has 1 heterocycles. The van der Waals surface area contributed by atoms with E-state index in [1.54, 1.807) is 0 Å². The van der Waals surface area contributed by atoms with Crippen LogP contribution in [-0.2, 0) is 4.79 Å². The Morgan fingerprint density at radius 3 is 2.50 bits per heavy atom. The first-order valence-corrected chi connectivity index (χ1v) is 12.3. The number of rotatable bonds is 6. The number of aromatic nitrogens is 2. The lowest BCUT2D eigenvalue weighted by Crippen LogP contribution is -2.29. The topological polar surface area (TPSA) is 65.4 Å². The molecular weight excluding hydrogens is 426 g/mol. The highest BCUT2D eigenvalue weighted by atomic mass is 16.5. The number of nitrogens with one attached hydrogen (secondary N) is 1. The number of benzene rings is 2. The normalized spacial score (nSPS) is 19.9. The molecule has 2 aromatic carbocycles. The van der Waals surface area contributed by atoms with Gasteiger partial charge in [-0.05, 0) is 87.3 Å². The summed E-state index contributed by atoms with van der Waals surface area (Å²) in [6.07, 6.45) is 3.55. The maximum atomic E-state index is 11.6. The van der Waals surface area contributed by atoms with E-state index in [9.17, 15) is 4.79 Å². The third-order valence-electron chi connectivity index (χ3n) is 6.45. The number of nitrogens with zero attached hydrogens (tertiary/aromatic N) is 2. The summed E-state index contributed by atoms with van der Waals surface area (Å²) in [6, 6.07) is 12.3. The van der Waals surface area contributed by atoms with Gasteiger partial charge in [0.25, 0.3) is 0 Å². The summed E-state index contributed by atoms with van der Waals surface area (Å²) in [5, 5.41) is 3.55. The van der Waals surface area contributed by atoms with Crippen LogP contribution in [-0.4, -0.2) is 21.6 Å². The Morgan fingerprint density at radius 2 is 1.88 bits per heavy atom. The van der Waals surface area contributed by atoms with E-state index >= 15 is 0 Å². The number of hydrogen-bond donors (Lipinski definition) is 1. The number of carbonyl (C=O) groups is 1. The van der Waals surface area contributed by atoms with Crippen LogP contribution in [0.3, 0.4) is 0 Å². The largest absolute Gasteiger partial charge is 0.491 e. The van der Waals surface area contributed by atoms with E-state index in [-0.39, 0.29) is 17.5 Å².